The van der Waals surface area contributed by atoms with E-state index in [-0.39, 0.29) is 0 Å². The summed E-state index contributed by atoms with van der Waals surface area (Å²) in [5.41, 5.74) is 2.09. The van der Waals surface area contributed by atoms with E-state index in [9.17, 15) is 5.11 Å². The highest BCUT2D eigenvalue weighted by molar-refractivity contribution is 5.46. The second kappa shape index (κ2) is 5.58. The molecule has 2 aromatic carbocycles. The first-order valence-electron chi connectivity index (χ1n) is 6.32. The highest BCUT2D eigenvalue weighted by Gasteiger charge is 2.07. The standard InChI is InChI=1S/C16H18O2/c1-3-12-7-5-8-13(11-12)18-16-10-6-9-15(17)14(16)4-2/h5-11,17H,3-4H2,1-2H3. The first kappa shape index (κ1) is 12.5. The molecule has 2 rings (SSSR count). The second-order valence-electron chi connectivity index (χ2n) is 4.21. The third kappa shape index (κ3) is 2.65. The Hall–Kier alpha value is -1.96. The third-order valence-corrected chi connectivity index (χ3v) is 3.00. The lowest BCUT2D eigenvalue weighted by atomic mass is 10.1. The van der Waals surface area contributed by atoms with E-state index in [0.29, 0.717) is 5.75 Å². The zero-order valence-electron chi connectivity index (χ0n) is 10.8. The van der Waals surface area contributed by atoms with Gasteiger partial charge in [0, 0.05) is 5.56 Å². The van der Waals surface area contributed by atoms with E-state index in [1.807, 2.05) is 31.2 Å². The van der Waals surface area contributed by atoms with E-state index >= 15 is 0 Å². The van der Waals surface area contributed by atoms with Gasteiger partial charge < -0.3 is 9.84 Å². The highest BCUT2D eigenvalue weighted by atomic mass is 16.5. The Labute approximate surface area is 108 Å². The van der Waals surface area contributed by atoms with Crippen molar-refractivity contribution in [3.8, 4) is 17.2 Å². The van der Waals surface area contributed by atoms with Crippen molar-refractivity contribution in [3.05, 3.63) is 53.6 Å². The van der Waals surface area contributed by atoms with Crippen molar-refractivity contribution in [1.82, 2.24) is 0 Å². The predicted octanol–water partition coefficient (Wildman–Crippen LogP) is 4.31. The van der Waals surface area contributed by atoms with Gasteiger partial charge in [0.05, 0.1) is 0 Å². The molecule has 0 aromatic heterocycles. The molecule has 0 bridgehead atoms. The average Bonchev–Trinajstić information content (AvgIpc) is 2.39. The number of hydrogen-bond acceptors (Lipinski definition) is 2. The van der Waals surface area contributed by atoms with Crippen molar-refractivity contribution in [1.29, 1.82) is 0 Å². The van der Waals surface area contributed by atoms with Crippen LogP contribution < -0.4 is 4.74 Å². The molecule has 0 aliphatic carbocycles. The number of aromatic hydroxyl groups is 1. The quantitative estimate of drug-likeness (QED) is 0.865. The van der Waals surface area contributed by atoms with Crippen molar-refractivity contribution < 1.29 is 9.84 Å². The Bertz CT molecular complexity index is 532. The van der Waals surface area contributed by atoms with E-state index in [1.54, 1.807) is 12.1 Å². The van der Waals surface area contributed by atoms with Crippen molar-refractivity contribution >= 4 is 0 Å². The van der Waals surface area contributed by atoms with E-state index in [2.05, 4.69) is 13.0 Å². The number of rotatable bonds is 4. The average molecular weight is 242 g/mol. The summed E-state index contributed by atoms with van der Waals surface area (Å²) in [5.74, 6) is 1.84. The lowest BCUT2D eigenvalue weighted by Crippen LogP contribution is -1.91. The van der Waals surface area contributed by atoms with E-state index in [1.165, 1.54) is 5.56 Å². The fraction of sp³-hybridized carbons (Fsp3) is 0.250. The fourth-order valence-corrected chi connectivity index (χ4v) is 1.96. The molecule has 1 N–H and O–H groups in total. The Morgan fingerprint density at radius 2 is 1.78 bits per heavy atom. The summed E-state index contributed by atoms with van der Waals surface area (Å²) >= 11 is 0. The van der Waals surface area contributed by atoms with Gasteiger partial charge in [-0.3, -0.25) is 0 Å². The normalized spacial score (nSPS) is 10.3. The maximum Gasteiger partial charge on any atom is 0.134 e. The van der Waals surface area contributed by atoms with Crippen LogP contribution in [0.15, 0.2) is 42.5 Å². The van der Waals surface area contributed by atoms with E-state index in [0.717, 1.165) is 29.9 Å². The van der Waals surface area contributed by atoms with Gasteiger partial charge in [0.15, 0.2) is 0 Å². The number of phenolic OH excluding ortho intramolecular Hbond substituents is 1. The molecule has 0 aliphatic heterocycles. The summed E-state index contributed by atoms with van der Waals surface area (Å²) in [5, 5.41) is 9.79. The maximum atomic E-state index is 9.79. The minimum absolute atomic E-state index is 0.293. The van der Waals surface area contributed by atoms with Crippen molar-refractivity contribution in [2.24, 2.45) is 0 Å². The van der Waals surface area contributed by atoms with Gasteiger partial charge in [-0.2, -0.15) is 0 Å². The molecule has 0 fully saturated rings. The summed E-state index contributed by atoms with van der Waals surface area (Å²) in [6.07, 6.45) is 1.73. The molecule has 2 heteroatoms. The van der Waals surface area contributed by atoms with Crippen LogP contribution in [-0.2, 0) is 12.8 Å². The Morgan fingerprint density at radius 3 is 2.50 bits per heavy atom. The van der Waals surface area contributed by atoms with Gasteiger partial charge in [0.2, 0.25) is 0 Å². The molecule has 0 aliphatic rings. The Kier molecular flexibility index (Phi) is 3.88. The molecule has 0 heterocycles. The molecule has 0 radical (unpaired) electrons. The molecule has 0 saturated heterocycles. The first-order valence-corrected chi connectivity index (χ1v) is 6.32. The van der Waals surface area contributed by atoms with Crippen LogP contribution in [0.2, 0.25) is 0 Å². The Balaban J connectivity index is 2.30. The fourth-order valence-electron chi connectivity index (χ4n) is 1.96. The number of phenols is 1. The van der Waals surface area contributed by atoms with Gasteiger partial charge in [-0.25, -0.2) is 0 Å². The highest BCUT2D eigenvalue weighted by Crippen LogP contribution is 2.31. The molecule has 0 amide bonds. The zero-order chi connectivity index (χ0) is 13.0. The van der Waals surface area contributed by atoms with Gasteiger partial charge in [0.1, 0.15) is 17.2 Å². The monoisotopic (exact) mass is 242 g/mol. The van der Waals surface area contributed by atoms with Gasteiger partial charge in [-0.05, 0) is 42.7 Å². The smallest absolute Gasteiger partial charge is 0.134 e. The third-order valence-electron chi connectivity index (χ3n) is 3.00. The minimum Gasteiger partial charge on any atom is -0.508 e. The Morgan fingerprint density at radius 1 is 1.00 bits per heavy atom. The van der Waals surface area contributed by atoms with Gasteiger partial charge >= 0.3 is 0 Å². The number of hydrogen-bond donors (Lipinski definition) is 1. The summed E-state index contributed by atoms with van der Waals surface area (Å²) in [7, 11) is 0. The van der Waals surface area contributed by atoms with E-state index in [4.69, 9.17) is 4.74 Å². The second-order valence-corrected chi connectivity index (χ2v) is 4.21. The van der Waals surface area contributed by atoms with Crippen LogP contribution in [0.5, 0.6) is 17.2 Å². The van der Waals surface area contributed by atoms with Crippen LogP contribution in [-0.4, -0.2) is 5.11 Å². The summed E-state index contributed by atoms with van der Waals surface area (Å²) < 4.78 is 5.86. The van der Waals surface area contributed by atoms with Crippen LogP contribution in [0.1, 0.15) is 25.0 Å². The van der Waals surface area contributed by atoms with Crippen LogP contribution in [0.25, 0.3) is 0 Å². The van der Waals surface area contributed by atoms with E-state index < -0.39 is 0 Å². The molecule has 2 nitrogen and oxygen atoms in total. The topological polar surface area (TPSA) is 29.5 Å². The van der Waals surface area contributed by atoms with Gasteiger partial charge in [-0.15, -0.1) is 0 Å². The molecule has 2 aromatic rings. The largest absolute Gasteiger partial charge is 0.508 e. The number of ether oxygens (including phenoxy) is 1. The van der Waals surface area contributed by atoms with Crippen LogP contribution >= 0.6 is 0 Å². The van der Waals surface area contributed by atoms with Crippen LogP contribution in [0, 0.1) is 0 Å². The maximum absolute atomic E-state index is 9.79. The first-order chi connectivity index (χ1) is 8.74. The summed E-state index contributed by atoms with van der Waals surface area (Å²) in [6, 6.07) is 13.4. The van der Waals surface area contributed by atoms with Crippen LogP contribution in [0.4, 0.5) is 0 Å². The number of aryl methyl sites for hydroxylation is 1. The van der Waals surface area contributed by atoms with Crippen LogP contribution in [0.3, 0.4) is 0 Å². The molecule has 0 unspecified atom stereocenters. The van der Waals surface area contributed by atoms with Crippen molar-refractivity contribution in [2.45, 2.75) is 26.7 Å². The van der Waals surface area contributed by atoms with Gasteiger partial charge in [0.25, 0.3) is 0 Å². The molecule has 0 saturated carbocycles. The molecule has 0 atom stereocenters. The number of benzene rings is 2. The molecular formula is C16H18O2. The summed E-state index contributed by atoms with van der Waals surface area (Å²) in [4.78, 5) is 0. The molecule has 18 heavy (non-hydrogen) atoms. The molecular weight excluding hydrogens is 224 g/mol. The predicted molar refractivity (Wildman–Crippen MR) is 73.4 cm³/mol. The van der Waals surface area contributed by atoms with Crippen molar-refractivity contribution in [2.75, 3.05) is 0 Å². The lowest BCUT2D eigenvalue weighted by molar-refractivity contribution is 0.444. The van der Waals surface area contributed by atoms with Gasteiger partial charge in [-0.1, -0.05) is 32.0 Å². The zero-order valence-corrected chi connectivity index (χ0v) is 10.8. The summed E-state index contributed by atoms with van der Waals surface area (Å²) in [6.45, 7) is 4.12. The van der Waals surface area contributed by atoms with Crippen molar-refractivity contribution in [3.63, 3.8) is 0 Å². The molecule has 94 valence electrons. The molecule has 0 spiro atoms. The lowest BCUT2D eigenvalue weighted by Gasteiger charge is -2.12. The minimum atomic E-state index is 0.293. The SMILES string of the molecule is CCc1cccc(Oc2cccc(O)c2CC)c1.